The second kappa shape index (κ2) is 5.11. The van der Waals surface area contributed by atoms with Gasteiger partial charge in [-0.3, -0.25) is 9.69 Å². The molecular weight excluding hydrogens is 328 g/mol. The smallest absolute Gasteiger partial charge is 0.315 e. The number of hydrogen-bond donors (Lipinski definition) is 2. The Morgan fingerprint density at radius 3 is 2.96 bits per heavy atom. The van der Waals surface area contributed by atoms with Crippen LogP contribution in [0.4, 0.5) is 5.69 Å². The maximum Gasteiger partial charge on any atom is 0.315 e. The minimum atomic E-state index is -0.946. The number of aliphatic hydroxyl groups excluding tert-OH is 1. The van der Waals surface area contributed by atoms with Crippen LogP contribution in [0.3, 0.4) is 0 Å². The van der Waals surface area contributed by atoms with Gasteiger partial charge in [-0.1, -0.05) is 29.8 Å². The number of para-hydroxylation sites is 1. The van der Waals surface area contributed by atoms with Gasteiger partial charge in [-0.2, -0.15) is 0 Å². The highest BCUT2D eigenvalue weighted by Crippen LogP contribution is 2.74. The van der Waals surface area contributed by atoms with Gasteiger partial charge in [-0.15, -0.1) is 0 Å². The summed E-state index contributed by atoms with van der Waals surface area (Å²) in [5, 5.41) is 14.6. The molecule has 0 aromatic heterocycles. The molecule has 1 aromatic rings. The molecule has 2 saturated heterocycles. The fourth-order valence-electron chi connectivity index (χ4n) is 7.00. The average molecular weight is 354 g/mol. The number of fused-ring (bicyclic) bond motifs is 2. The molecule has 26 heavy (non-hydrogen) atoms. The van der Waals surface area contributed by atoms with Crippen molar-refractivity contribution >= 4 is 11.7 Å². The molecule has 2 bridgehead atoms. The number of allylic oxidation sites excluding steroid dienone is 1. The Morgan fingerprint density at radius 1 is 1.42 bits per heavy atom. The standard InChI is InChI=1S/C21H26N2O3/c1-3-14-8-10-23-11-9-20-15-6-4-5-7-17(15)22-21(20,23)12-16(14)19(20,13-24)18(25)26-2/h3-7,16,22,24H,8-13H2,1-2H3. The van der Waals surface area contributed by atoms with E-state index in [1.807, 2.05) is 12.1 Å². The summed E-state index contributed by atoms with van der Waals surface area (Å²) in [4.78, 5) is 15.9. The molecule has 5 rings (SSSR count). The van der Waals surface area contributed by atoms with E-state index < -0.39 is 10.8 Å². The fourth-order valence-corrected chi connectivity index (χ4v) is 7.00. The van der Waals surface area contributed by atoms with Crippen LogP contribution in [0.25, 0.3) is 0 Å². The van der Waals surface area contributed by atoms with Gasteiger partial charge in [-0.05, 0) is 37.8 Å². The molecule has 138 valence electrons. The number of nitrogens with one attached hydrogen (secondary N) is 1. The maximum absolute atomic E-state index is 13.4. The lowest BCUT2D eigenvalue weighted by atomic mass is 9.56. The van der Waals surface area contributed by atoms with Crippen LogP contribution in [0.1, 0.15) is 31.7 Å². The van der Waals surface area contributed by atoms with Crippen LogP contribution in [-0.2, 0) is 14.9 Å². The zero-order valence-electron chi connectivity index (χ0n) is 15.4. The number of benzene rings is 1. The Labute approximate surface area is 154 Å². The van der Waals surface area contributed by atoms with Gasteiger partial charge in [0.25, 0.3) is 0 Å². The minimum absolute atomic E-state index is 0.00361. The second-order valence-corrected chi connectivity index (χ2v) is 8.16. The number of esters is 1. The van der Waals surface area contributed by atoms with Crippen LogP contribution in [0.15, 0.2) is 35.9 Å². The lowest BCUT2D eigenvalue weighted by Crippen LogP contribution is -2.62. The number of anilines is 1. The molecule has 4 aliphatic rings. The van der Waals surface area contributed by atoms with E-state index in [9.17, 15) is 9.90 Å². The zero-order valence-corrected chi connectivity index (χ0v) is 15.4. The number of methoxy groups -OCH3 is 1. The molecule has 1 aliphatic carbocycles. The molecule has 1 aromatic carbocycles. The summed E-state index contributed by atoms with van der Waals surface area (Å²) >= 11 is 0. The van der Waals surface area contributed by atoms with E-state index in [4.69, 9.17) is 4.74 Å². The van der Waals surface area contributed by atoms with Gasteiger partial charge in [0.2, 0.25) is 0 Å². The molecule has 4 atom stereocenters. The Morgan fingerprint density at radius 2 is 2.23 bits per heavy atom. The highest BCUT2D eigenvalue weighted by Gasteiger charge is 2.82. The first-order valence-electron chi connectivity index (χ1n) is 9.58. The third-order valence-electron chi connectivity index (χ3n) is 7.87. The Hall–Kier alpha value is -1.85. The van der Waals surface area contributed by atoms with Gasteiger partial charge in [0.1, 0.15) is 11.1 Å². The van der Waals surface area contributed by atoms with Crippen LogP contribution >= 0.6 is 0 Å². The molecule has 4 unspecified atom stereocenters. The summed E-state index contributed by atoms with van der Waals surface area (Å²) in [5.41, 5.74) is 1.82. The van der Waals surface area contributed by atoms with Crippen molar-refractivity contribution in [2.45, 2.75) is 37.3 Å². The Balaban J connectivity index is 1.88. The summed E-state index contributed by atoms with van der Waals surface area (Å²) in [5.74, 6) is -0.274. The van der Waals surface area contributed by atoms with E-state index in [1.54, 1.807) is 0 Å². The number of nitrogens with zero attached hydrogens (tertiary/aromatic N) is 1. The van der Waals surface area contributed by atoms with E-state index >= 15 is 0 Å². The molecule has 0 amide bonds. The lowest BCUT2D eigenvalue weighted by Gasteiger charge is -2.48. The predicted molar refractivity (Wildman–Crippen MR) is 98.7 cm³/mol. The van der Waals surface area contributed by atoms with Crippen molar-refractivity contribution in [2.75, 3.05) is 32.1 Å². The van der Waals surface area contributed by atoms with Gasteiger partial charge in [0.05, 0.1) is 19.1 Å². The van der Waals surface area contributed by atoms with E-state index in [2.05, 4.69) is 35.3 Å². The zero-order chi connectivity index (χ0) is 18.2. The van der Waals surface area contributed by atoms with Crippen molar-refractivity contribution in [3.63, 3.8) is 0 Å². The van der Waals surface area contributed by atoms with Crippen molar-refractivity contribution in [1.82, 2.24) is 4.90 Å². The molecule has 3 heterocycles. The van der Waals surface area contributed by atoms with E-state index in [0.717, 1.165) is 38.0 Å². The first kappa shape index (κ1) is 16.3. The molecule has 3 aliphatic heterocycles. The van der Waals surface area contributed by atoms with E-state index in [0.29, 0.717) is 0 Å². The number of aliphatic hydroxyl groups is 1. The molecular formula is C21H26N2O3. The van der Waals surface area contributed by atoms with E-state index in [-0.39, 0.29) is 24.2 Å². The van der Waals surface area contributed by atoms with Crippen LogP contribution in [0, 0.1) is 11.3 Å². The Kier molecular flexibility index (Phi) is 3.21. The number of carbonyl (C=O) groups is 1. The van der Waals surface area contributed by atoms with Crippen molar-refractivity contribution in [3.8, 4) is 0 Å². The summed E-state index contributed by atoms with van der Waals surface area (Å²) in [6, 6.07) is 8.32. The predicted octanol–water partition coefficient (Wildman–Crippen LogP) is 2.27. The summed E-state index contributed by atoms with van der Waals surface area (Å²) in [6.45, 7) is 3.79. The summed E-state index contributed by atoms with van der Waals surface area (Å²) in [7, 11) is 1.45. The number of rotatable bonds is 2. The van der Waals surface area contributed by atoms with Crippen molar-refractivity contribution < 1.29 is 14.6 Å². The first-order chi connectivity index (χ1) is 12.6. The highest BCUT2D eigenvalue weighted by molar-refractivity contribution is 5.86. The topological polar surface area (TPSA) is 61.8 Å². The van der Waals surface area contributed by atoms with Crippen LogP contribution < -0.4 is 5.32 Å². The van der Waals surface area contributed by atoms with Gasteiger partial charge in [0.15, 0.2) is 0 Å². The van der Waals surface area contributed by atoms with Gasteiger partial charge >= 0.3 is 5.97 Å². The average Bonchev–Trinajstić information content (AvgIpc) is 3.17. The van der Waals surface area contributed by atoms with Gasteiger partial charge in [0, 0.05) is 24.7 Å². The summed E-state index contributed by atoms with van der Waals surface area (Å²) in [6.07, 6.45) is 4.79. The molecule has 1 saturated carbocycles. The molecule has 1 spiro atoms. The minimum Gasteiger partial charge on any atom is -0.468 e. The molecule has 5 nitrogen and oxygen atoms in total. The third-order valence-corrected chi connectivity index (χ3v) is 7.87. The van der Waals surface area contributed by atoms with Crippen LogP contribution in [0.2, 0.25) is 0 Å². The van der Waals surface area contributed by atoms with Crippen molar-refractivity contribution in [1.29, 1.82) is 0 Å². The van der Waals surface area contributed by atoms with Crippen molar-refractivity contribution in [3.05, 3.63) is 41.5 Å². The molecule has 2 N–H and O–H groups in total. The van der Waals surface area contributed by atoms with Crippen molar-refractivity contribution in [2.24, 2.45) is 11.3 Å². The number of ether oxygens (including phenoxy) is 1. The van der Waals surface area contributed by atoms with Crippen LogP contribution in [0.5, 0.6) is 0 Å². The normalized spacial score (nSPS) is 41.5. The molecule has 5 heteroatoms. The molecule has 0 radical (unpaired) electrons. The van der Waals surface area contributed by atoms with Gasteiger partial charge in [-0.25, -0.2) is 0 Å². The van der Waals surface area contributed by atoms with Crippen LogP contribution in [-0.4, -0.2) is 48.4 Å². The molecule has 3 fully saturated rings. The Bertz CT molecular complexity index is 821. The number of carbonyl (C=O) groups excluding carboxylic acids is 1. The second-order valence-electron chi connectivity index (χ2n) is 8.16. The highest BCUT2D eigenvalue weighted by atomic mass is 16.5. The number of hydrogen-bond acceptors (Lipinski definition) is 5. The quantitative estimate of drug-likeness (QED) is 0.630. The first-order valence-corrected chi connectivity index (χ1v) is 9.58. The third kappa shape index (κ3) is 1.43. The SMILES string of the molecule is CC=C1CCN2CCC34c5ccccc5NC23CC1C4(CO)C(=O)OC. The monoisotopic (exact) mass is 354 g/mol. The largest absolute Gasteiger partial charge is 0.468 e. The van der Waals surface area contributed by atoms with E-state index in [1.165, 1.54) is 18.2 Å². The summed E-state index contributed by atoms with van der Waals surface area (Å²) < 4.78 is 5.36. The maximum atomic E-state index is 13.4. The fraction of sp³-hybridized carbons (Fsp3) is 0.571. The lowest BCUT2D eigenvalue weighted by molar-refractivity contribution is -0.164. The van der Waals surface area contributed by atoms with Gasteiger partial charge < -0.3 is 15.2 Å².